The highest BCUT2D eigenvalue weighted by molar-refractivity contribution is 8.07. The number of rotatable bonds is 2. The van der Waals surface area contributed by atoms with Gasteiger partial charge in [-0.25, -0.2) is 0 Å². The third-order valence-electron chi connectivity index (χ3n) is 1.79. The monoisotopic (exact) mass is 175 g/mol. The van der Waals surface area contributed by atoms with Crippen LogP contribution in [0.4, 0.5) is 0 Å². The molecule has 5 heteroatoms. The first-order chi connectivity index (χ1) is 5.27. The van der Waals surface area contributed by atoms with E-state index in [4.69, 9.17) is 9.84 Å². The lowest BCUT2D eigenvalue weighted by molar-refractivity contribution is -0.139. The van der Waals surface area contributed by atoms with Crippen LogP contribution in [0.15, 0.2) is 0 Å². The molecule has 2 fully saturated rings. The topological polar surface area (TPSA) is 49.8 Å². The third-order valence-corrected chi connectivity index (χ3v) is 2.96. The number of ether oxygens (including phenoxy) is 1. The van der Waals surface area contributed by atoms with Crippen LogP contribution in [0, 0.1) is 0 Å². The summed E-state index contributed by atoms with van der Waals surface area (Å²) in [6, 6.07) is 0. The zero-order chi connectivity index (χ0) is 7.84. The second-order valence-electron chi connectivity index (χ2n) is 2.63. The number of nitrogens with zero attached hydrogens (tertiary/aromatic N) is 1. The summed E-state index contributed by atoms with van der Waals surface area (Å²) < 4.78 is 5.29. The molecule has 11 heavy (non-hydrogen) atoms. The second-order valence-corrected chi connectivity index (χ2v) is 3.85. The summed E-state index contributed by atoms with van der Waals surface area (Å²) >= 11 is 1.69. The molecule has 2 saturated heterocycles. The molecule has 0 saturated carbocycles. The molecular formula is C6H9NO3S. The normalized spacial score (nSPS) is 36.4. The minimum absolute atomic E-state index is 0.150. The van der Waals surface area contributed by atoms with Gasteiger partial charge in [0.25, 0.3) is 0 Å². The minimum atomic E-state index is -0.752. The molecule has 0 radical (unpaired) electrons. The van der Waals surface area contributed by atoms with Crippen molar-refractivity contribution in [1.29, 1.82) is 0 Å². The van der Waals surface area contributed by atoms with Crippen LogP contribution in [0.1, 0.15) is 0 Å². The molecule has 2 atom stereocenters. The van der Waals surface area contributed by atoms with Gasteiger partial charge in [-0.05, 0) is 0 Å². The van der Waals surface area contributed by atoms with Crippen molar-refractivity contribution in [3.05, 3.63) is 0 Å². The average molecular weight is 175 g/mol. The van der Waals surface area contributed by atoms with Gasteiger partial charge >= 0.3 is 5.97 Å². The summed E-state index contributed by atoms with van der Waals surface area (Å²) in [5.74, 6) is -0.752. The van der Waals surface area contributed by atoms with Gasteiger partial charge in [0.2, 0.25) is 0 Å². The summed E-state index contributed by atoms with van der Waals surface area (Å²) in [6.07, 6.45) is 0. The first kappa shape index (κ1) is 7.39. The number of hydrogen-bond donors (Lipinski definition) is 1. The van der Waals surface area contributed by atoms with Gasteiger partial charge in [-0.1, -0.05) is 0 Å². The smallest absolute Gasteiger partial charge is 0.317 e. The van der Waals surface area contributed by atoms with Crippen LogP contribution < -0.4 is 0 Å². The summed E-state index contributed by atoms with van der Waals surface area (Å²) in [4.78, 5) is 12.3. The number of hydrogen-bond acceptors (Lipinski definition) is 4. The second kappa shape index (κ2) is 2.66. The first-order valence-electron chi connectivity index (χ1n) is 3.50. The number of carboxylic acids is 1. The van der Waals surface area contributed by atoms with Gasteiger partial charge in [-0.2, -0.15) is 0 Å². The summed E-state index contributed by atoms with van der Waals surface area (Å²) in [6.45, 7) is 1.57. The lowest BCUT2D eigenvalue weighted by atomic mass is 10.4. The van der Waals surface area contributed by atoms with Gasteiger partial charge < -0.3 is 9.84 Å². The van der Waals surface area contributed by atoms with Crippen LogP contribution in [0.3, 0.4) is 0 Å². The molecule has 0 bridgehead atoms. The van der Waals surface area contributed by atoms with E-state index in [0.717, 1.165) is 6.54 Å². The van der Waals surface area contributed by atoms with E-state index in [-0.39, 0.29) is 12.0 Å². The van der Waals surface area contributed by atoms with Gasteiger partial charge in [-0.15, -0.1) is 11.8 Å². The van der Waals surface area contributed by atoms with E-state index in [1.54, 1.807) is 11.8 Å². The van der Waals surface area contributed by atoms with Crippen molar-refractivity contribution in [3.63, 3.8) is 0 Å². The highest BCUT2D eigenvalue weighted by atomic mass is 32.2. The van der Waals surface area contributed by atoms with E-state index in [2.05, 4.69) is 0 Å². The molecule has 0 unspecified atom stereocenters. The highest BCUT2D eigenvalue weighted by Crippen LogP contribution is 2.46. The maximum Gasteiger partial charge on any atom is 0.317 e. The Hall–Kier alpha value is -0.260. The molecule has 0 amide bonds. The summed E-state index contributed by atoms with van der Waals surface area (Å²) in [5.41, 5.74) is 0.253. The lowest BCUT2D eigenvalue weighted by Crippen LogP contribution is -2.39. The predicted octanol–water partition coefficient (Wildman–Crippen LogP) is -0.198. The fraction of sp³-hybridized carbons (Fsp3) is 0.833. The Bertz CT molecular complexity index is 187. The number of morpholine rings is 1. The summed E-state index contributed by atoms with van der Waals surface area (Å²) in [7, 11) is 0. The number of thioether (sulfide) groups is 1. The van der Waals surface area contributed by atoms with Gasteiger partial charge in [0.15, 0.2) is 0 Å². The number of aliphatic carboxylic acids is 1. The minimum Gasteiger partial charge on any atom is -0.480 e. The summed E-state index contributed by atoms with van der Waals surface area (Å²) in [5, 5.41) is 8.83. The van der Waals surface area contributed by atoms with Gasteiger partial charge in [0.05, 0.1) is 18.5 Å². The molecule has 0 aromatic carbocycles. The average Bonchev–Trinajstić information content (AvgIpc) is 2.65. The Morgan fingerprint density at radius 3 is 3.36 bits per heavy atom. The molecule has 0 aromatic heterocycles. The molecular weight excluding hydrogens is 166 g/mol. The molecule has 2 aliphatic heterocycles. The zero-order valence-corrected chi connectivity index (χ0v) is 6.71. The van der Waals surface area contributed by atoms with Crippen LogP contribution in [-0.4, -0.2) is 46.5 Å². The molecule has 2 rings (SSSR count). The lowest BCUT2D eigenvalue weighted by Gasteiger charge is -2.22. The Balaban J connectivity index is 1.88. The maximum atomic E-state index is 10.3. The fourth-order valence-electron chi connectivity index (χ4n) is 1.23. The van der Waals surface area contributed by atoms with Gasteiger partial charge in [0, 0.05) is 6.54 Å². The van der Waals surface area contributed by atoms with Crippen molar-refractivity contribution in [2.75, 3.05) is 19.7 Å². The quantitative estimate of drug-likeness (QED) is 0.589. The van der Waals surface area contributed by atoms with E-state index < -0.39 is 5.97 Å². The Morgan fingerprint density at radius 2 is 2.64 bits per heavy atom. The largest absolute Gasteiger partial charge is 0.480 e. The van der Waals surface area contributed by atoms with E-state index in [1.165, 1.54) is 0 Å². The number of fused-ring (bicyclic) bond motifs is 1. The Labute approximate surface area is 68.5 Å². The Morgan fingerprint density at radius 1 is 1.82 bits per heavy atom. The van der Waals surface area contributed by atoms with E-state index >= 15 is 0 Å². The molecule has 1 N–H and O–H groups in total. The molecule has 62 valence electrons. The van der Waals surface area contributed by atoms with E-state index in [9.17, 15) is 4.79 Å². The standard InChI is InChI=1S/C6H9NO3S/c8-4(9)3-7-1-2-10-6-5(7)11-6/h5-6H,1-3H2,(H,8,9)/t5-,6-/m1/s1. The molecule has 4 nitrogen and oxygen atoms in total. The van der Waals surface area contributed by atoms with Gasteiger partial charge in [-0.3, -0.25) is 9.69 Å². The van der Waals surface area contributed by atoms with Crippen molar-refractivity contribution in [2.24, 2.45) is 0 Å². The molecule has 2 aliphatic rings. The van der Waals surface area contributed by atoms with Crippen molar-refractivity contribution in [3.8, 4) is 0 Å². The molecule has 0 spiro atoms. The van der Waals surface area contributed by atoms with Gasteiger partial charge in [0.1, 0.15) is 5.44 Å². The van der Waals surface area contributed by atoms with E-state index in [0.29, 0.717) is 12.0 Å². The van der Waals surface area contributed by atoms with Crippen molar-refractivity contribution < 1.29 is 14.6 Å². The van der Waals surface area contributed by atoms with E-state index in [1.807, 2.05) is 4.90 Å². The SMILES string of the molecule is O=C(O)CN1CCO[C@@H]2S[C@H]21. The van der Waals surface area contributed by atoms with Crippen LogP contribution in [0.2, 0.25) is 0 Å². The highest BCUT2D eigenvalue weighted by Gasteiger charge is 2.47. The van der Waals surface area contributed by atoms with Crippen molar-refractivity contribution in [1.82, 2.24) is 4.90 Å². The zero-order valence-electron chi connectivity index (χ0n) is 5.90. The number of carbonyl (C=O) groups is 1. The predicted molar refractivity (Wildman–Crippen MR) is 40.3 cm³/mol. The van der Waals surface area contributed by atoms with Crippen LogP contribution in [0.25, 0.3) is 0 Å². The van der Waals surface area contributed by atoms with Crippen LogP contribution in [0.5, 0.6) is 0 Å². The van der Waals surface area contributed by atoms with Crippen molar-refractivity contribution in [2.45, 2.75) is 10.8 Å². The molecule has 0 aromatic rings. The maximum absolute atomic E-state index is 10.3. The first-order valence-corrected chi connectivity index (χ1v) is 4.44. The molecule has 0 aliphatic carbocycles. The van der Waals surface area contributed by atoms with Crippen molar-refractivity contribution >= 4 is 17.7 Å². The molecule has 2 heterocycles. The Kier molecular flexibility index (Phi) is 1.78. The third kappa shape index (κ3) is 1.50. The van der Waals surface area contributed by atoms with Crippen LogP contribution >= 0.6 is 11.8 Å². The fourth-order valence-corrected chi connectivity index (χ4v) is 2.19. The number of carboxylic acid groups (broad SMARTS) is 1. The van der Waals surface area contributed by atoms with Crippen LogP contribution in [-0.2, 0) is 9.53 Å².